The van der Waals surface area contributed by atoms with Crippen molar-refractivity contribution in [2.45, 2.75) is 19.3 Å². The molecule has 0 bridgehead atoms. The van der Waals surface area contributed by atoms with Crippen molar-refractivity contribution in [3.63, 3.8) is 0 Å². The highest BCUT2D eigenvalue weighted by Crippen LogP contribution is 2.21. The van der Waals surface area contributed by atoms with Crippen LogP contribution in [-0.4, -0.2) is 23.2 Å². The third-order valence-corrected chi connectivity index (χ3v) is 3.23. The van der Waals surface area contributed by atoms with E-state index in [2.05, 4.69) is 19.6 Å². The number of nitrogens with zero attached hydrogens (tertiary/aromatic N) is 3. The third kappa shape index (κ3) is 3.34. The summed E-state index contributed by atoms with van der Waals surface area (Å²) in [7, 11) is 0. The minimum absolute atomic E-state index is 1.20. The molecule has 0 saturated carbocycles. The van der Waals surface area contributed by atoms with E-state index in [1.807, 2.05) is 11.6 Å². The summed E-state index contributed by atoms with van der Waals surface area (Å²) in [5, 5.41) is 6.59. The van der Waals surface area contributed by atoms with E-state index in [1.165, 1.54) is 43.7 Å². The highest BCUT2D eigenvalue weighted by Gasteiger charge is 2.11. The molecule has 3 rings (SSSR count). The van der Waals surface area contributed by atoms with Crippen molar-refractivity contribution < 1.29 is 4.52 Å². The molecule has 0 N–H and O–H groups in total. The molecule has 1 saturated heterocycles. The Labute approximate surface area is 98.9 Å². The molecular formula is C11H15N3OS. The van der Waals surface area contributed by atoms with Gasteiger partial charge in [-0.2, -0.15) is 0 Å². The van der Waals surface area contributed by atoms with Crippen LogP contribution in [0.2, 0.25) is 0 Å². The molecule has 1 aliphatic heterocycles. The van der Waals surface area contributed by atoms with Gasteiger partial charge < -0.3 is 9.42 Å². The molecule has 4 nitrogen and oxygen atoms in total. The molecule has 0 aliphatic carbocycles. The van der Waals surface area contributed by atoms with Crippen molar-refractivity contribution in [1.29, 1.82) is 0 Å². The molecule has 1 fully saturated rings. The molecule has 0 unspecified atom stereocenters. The van der Waals surface area contributed by atoms with Gasteiger partial charge in [-0.05, 0) is 25.3 Å². The number of anilines is 1. The summed E-state index contributed by atoms with van der Waals surface area (Å²) in [6.07, 6.45) is 9.04. The Bertz CT molecular complexity index is 337. The lowest BCUT2D eigenvalue weighted by atomic mass is 10.1. The van der Waals surface area contributed by atoms with Crippen molar-refractivity contribution in [3.05, 3.63) is 30.1 Å². The summed E-state index contributed by atoms with van der Waals surface area (Å²) in [4.78, 5) is 6.67. The van der Waals surface area contributed by atoms with Gasteiger partial charge in [0, 0.05) is 24.7 Å². The normalized spacial score (nSPS) is 15.4. The highest BCUT2D eigenvalue weighted by molar-refractivity contribution is 7.13. The van der Waals surface area contributed by atoms with Gasteiger partial charge in [-0.3, -0.25) is 0 Å². The Hall–Kier alpha value is -1.36. The number of thiazole rings is 1. The summed E-state index contributed by atoms with van der Waals surface area (Å²) in [5.74, 6) is 0. The molecule has 0 radical (unpaired) electrons. The molecule has 0 atom stereocenters. The minimum atomic E-state index is 1.20. The quantitative estimate of drug-likeness (QED) is 0.765. The predicted molar refractivity (Wildman–Crippen MR) is 64.7 cm³/mol. The van der Waals surface area contributed by atoms with Gasteiger partial charge in [0.25, 0.3) is 0 Å². The molecule has 0 amide bonds. The largest absolute Gasteiger partial charge is 0.365 e. The first-order valence-electron chi connectivity index (χ1n) is 5.45. The average molecular weight is 237 g/mol. The van der Waals surface area contributed by atoms with Gasteiger partial charge in [0.15, 0.2) is 5.13 Å². The van der Waals surface area contributed by atoms with Gasteiger partial charge in [0.05, 0.1) is 6.20 Å². The van der Waals surface area contributed by atoms with E-state index in [0.717, 1.165) is 0 Å². The zero-order chi connectivity index (χ0) is 11.1. The van der Waals surface area contributed by atoms with E-state index in [1.54, 1.807) is 23.6 Å². The molecule has 16 heavy (non-hydrogen) atoms. The van der Waals surface area contributed by atoms with Crippen LogP contribution in [0.5, 0.6) is 0 Å². The Morgan fingerprint density at radius 1 is 1.19 bits per heavy atom. The zero-order valence-corrected chi connectivity index (χ0v) is 9.90. The Balaban J connectivity index is 0.000000162. The first-order valence-corrected chi connectivity index (χ1v) is 6.33. The van der Waals surface area contributed by atoms with Crippen molar-refractivity contribution in [1.82, 2.24) is 10.1 Å². The highest BCUT2D eigenvalue weighted by atomic mass is 32.1. The fourth-order valence-electron chi connectivity index (χ4n) is 1.63. The summed E-state index contributed by atoms with van der Waals surface area (Å²) >= 11 is 1.74. The smallest absolute Gasteiger partial charge is 0.185 e. The fraction of sp³-hybridized carbons (Fsp3) is 0.455. The first kappa shape index (κ1) is 11.1. The number of hydrogen-bond donors (Lipinski definition) is 0. The van der Waals surface area contributed by atoms with E-state index in [0.29, 0.717) is 0 Å². The van der Waals surface area contributed by atoms with Crippen LogP contribution in [0.4, 0.5) is 5.13 Å². The van der Waals surface area contributed by atoms with E-state index in [-0.39, 0.29) is 0 Å². The van der Waals surface area contributed by atoms with Crippen LogP contribution in [0.15, 0.2) is 34.6 Å². The third-order valence-electron chi connectivity index (χ3n) is 2.39. The maximum Gasteiger partial charge on any atom is 0.185 e. The molecular weight excluding hydrogens is 222 g/mol. The molecule has 0 spiro atoms. The molecule has 3 heterocycles. The topological polar surface area (TPSA) is 42.2 Å². The maximum atomic E-state index is 4.33. The lowest BCUT2D eigenvalue weighted by molar-refractivity contribution is 0.420. The van der Waals surface area contributed by atoms with E-state index in [9.17, 15) is 0 Å². The van der Waals surface area contributed by atoms with Crippen LogP contribution in [0.25, 0.3) is 0 Å². The van der Waals surface area contributed by atoms with Crippen molar-refractivity contribution in [3.8, 4) is 0 Å². The summed E-state index contributed by atoms with van der Waals surface area (Å²) < 4.78 is 4.33. The van der Waals surface area contributed by atoms with Crippen LogP contribution in [0, 0.1) is 0 Å². The van der Waals surface area contributed by atoms with Crippen molar-refractivity contribution in [2.75, 3.05) is 18.0 Å². The molecule has 5 heteroatoms. The van der Waals surface area contributed by atoms with E-state index in [4.69, 9.17) is 0 Å². The fourth-order valence-corrected chi connectivity index (χ4v) is 2.33. The van der Waals surface area contributed by atoms with Gasteiger partial charge in [-0.1, -0.05) is 5.16 Å². The van der Waals surface area contributed by atoms with E-state index >= 15 is 0 Å². The standard InChI is InChI=1S/C8H12N2S.C3H3NO/c1-2-5-10(6-3-1)8-9-4-7-11-8;1-2-4-5-3-1/h4,7H,1-3,5-6H2;1-3H. The van der Waals surface area contributed by atoms with Gasteiger partial charge in [0.2, 0.25) is 0 Å². The second-order valence-electron chi connectivity index (χ2n) is 3.55. The SMILES string of the molecule is c1cnoc1.c1csc(N2CCCCC2)n1. The van der Waals surface area contributed by atoms with Gasteiger partial charge in [-0.25, -0.2) is 4.98 Å². The summed E-state index contributed by atoms with van der Waals surface area (Å²) in [5.41, 5.74) is 0. The maximum absolute atomic E-state index is 4.33. The Kier molecular flexibility index (Phi) is 4.37. The monoisotopic (exact) mass is 237 g/mol. The van der Waals surface area contributed by atoms with Crippen LogP contribution in [0.3, 0.4) is 0 Å². The molecule has 1 aliphatic rings. The second-order valence-corrected chi connectivity index (χ2v) is 4.42. The zero-order valence-electron chi connectivity index (χ0n) is 9.08. The van der Waals surface area contributed by atoms with Crippen LogP contribution in [-0.2, 0) is 0 Å². The lowest BCUT2D eigenvalue weighted by Crippen LogP contribution is -2.29. The van der Waals surface area contributed by atoms with Gasteiger partial charge >= 0.3 is 0 Å². The predicted octanol–water partition coefficient (Wildman–Crippen LogP) is 2.81. The van der Waals surface area contributed by atoms with E-state index < -0.39 is 0 Å². The van der Waals surface area contributed by atoms with Crippen LogP contribution in [0.1, 0.15) is 19.3 Å². The number of hydrogen-bond acceptors (Lipinski definition) is 5. The second kappa shape index (κ2) is 6.27. The number of rotatable bonds is 1. The molecule has 0 aromatic carbocycles. The van der Waals surface area contributed by atoms with Crippen LogP contribution >= 0.6 is 11.3 Å². The average Bonchev–Trinajstić information content (AvgIpc) is 3.07. The Morgan fingerprint density at radius 3 is 2.56 bits per heavy atom. The molecule has 2 aromatic heterocycles. The van der Waals surface area contributed by atoms with Crippen LogP contribution < -0.4 is 4.90 Å². The van der Waals surface area contributed by atoms with Gasteiger partial charge in [0.1, 0.15) is 6.26 Å². The van der Waals surface area contributed by atoms with Crippen molar-refractivity contribution in [2.24, 2.45) is 0 Å². The lowest BCUT2D eigenvalue weighted by Gasteiger charge is -2.25. The number of piperidine rings is 1. The Morgan fingerprint density at radius 2 is 2.06 bits per heavy atom. The molecule has 2 aromatic rings. The number of aromatic nitrogens is 2. The van der Waals surface area contributed by atoms with Crippen molar-refractivity contribution >= 4 is 16.5 Å². The summed E-state index contributed by atoms with van der Waals surface area (Å²) in [6.45, 7) is 2.40. The molecule has 86 valence electrons. The minimum Gasteiger partial charge on any atom is -0.365 e. The summed E-state index contributed by atoms with van der Waals surface area (Å²) in [6, 6.07) is 1.72. The first-order chi connectivity index (χ1) is 7.97. The van der Waals surface area contributed by atoms with Gasteiger partial charge in [-0.15, -0.1) is 11.3 Å².